The minimum absolute atomic E-state index is 0.0772. The second kappa shape index (κ2) is 6.28. The number of benzene rings is 1. The van der Waals surface area contributed by atoms with E-state index in [2.05, 4.69) is 21.2 Å². The van der Waals surface area contributed by atoms with Crippen molar-refractivity contribution < 1.29 is 9.21 Å². The molecule has 3 aromatic rings. The summed E-state index contributed by atoms with van der Waals surface area (Å²) >= 11 is 4.83. The van der Waals surface area contributed by atoms with Crippen LogP contribution in [0.5, 0.6) is 0 Å². The van der Waals surface area contributed by atoms with Crippen LogP contribution in [0.25, 0.3) is 11.3 Å². The lowest BCUT2D eigenvalue weighted by atomic mass is 10.2. The van der Waals surface area contributed by atoms with Crippen molar-refractivity contribution >= 4 is 33.2 Å². The predicted octanol–water partition coefficient (Wildman–Crippen LogP) is 4.70. The number of hydrogen-bond acceptors (Lipinski definition) is 3. The molecule has 1 aromatic carbocycles. The molecule has 0 atom stereocenters. The van der Waals surface area contributed by atoms with Crippen molar-refractivity contribution in [3.8, 4) is 11.3 Å². The molecule has 3 rings (SSSR count). The van der Waals surface area contributed by atoms with E-state index in [0.29, 0.717) is 11.4 Å². The van der Waals surface area contributed by atoms with Gasteiger partial charge in [-0.15, -0.1) is 11.3 Å². The van der Waals surface area contributed by atoms with Gasteiger partial charge in [0.15, 0.2) is 0 Å². The Morgan fingerprint density at radius 2 is 1.95 bits per heavy atom. The Balaban J connectivity index is 1.65. The van der Waals surface area contributed by atoms with Gasteiger partial charge in [-0.05, 0) is 35.7 Å². The lowest BCUT2D eigenvalue weighted by Crippen LogP contribution is -2.21. The van der Waals surface area contributed by atoms with Crippen LogP contribution in [0.1, 0.15) is 15.4 Å². The van der Waals surface area contributed by atoms with Crippen molar-refractivity contribution in [2.24, 2.45) is 0 Å². The van der Waals surface area contributed by atoms with Crippen LogP contribution < -0.4 is 5.32 Å². The molecule has 1 amide bonds. The SMILES string of the molecule is O=C(NCc1ccc(-c2ccc(Br)cc2)o1)c1cccs1. The summed E-state index contributed by atoms with van der Waals surface area (Å²) < 4.78 is 6.78. The summed E-state index contributed by atoms with van der Waals surface area (Å²) in [5, 5.41) is 4.73. The Hall–Kier alpha value is -1.85. The highest BCUT2D eigenvalue weighted by atomic mass is 79.9. The molecule has 21 heavy (non-hydrogen) atoms. The molecule has 0 unspecified atom stereocenters. The normalized spacial score (nSPS) is 10.5. The van der Waals surface area contributed by atoms with Gasteiger partial charge in [0.2, 0.25) is 0 Å². The fourth-order valence-electron chi connectivity index (χ4n) is 1.90. The molecule has 0 aliphatic rings. The van der Waals surface area contributed by atoms with Crippen LogP contribution in [0.15, 0.2) is 62.8 Å². The zero-order valence-corrected chi connectivity index (χ0v) is 13.4. The highest BCUT2D eigenvalue weighted by Crippen LogP contribution is 2.24. The number of rotatable bonds is 4. The monoisotopic (exact) mass is 361 g/mol. The molecule has 3 nitrogen and oxygen atoms in total. The van der Waals surface area contributed by atoms with Crippen LogP contribution in [0.2, 0.25) is 0 Å². The molecule has 0 fully saturated rings. The second-order valence-corrected chi connectivity index (χ2v) is 6.30. The lowest BCUT2D eigenvalue weighted by Gasteiger charge is -2.01. The maximum Gasteiger partial charge on any atom is 0.261 e. The smallest absolute Gasteiger partial charge is 0.261 e. The number of thiophene rings is 1. The summed E-state index contributed by atoms with van der Waals surface area (Å²) in [7, 11) is 0. The minimum atomic E-state index is -0.0772. The van der Waals surface area contributed by atoms with Gasteiger partial charge in [0.25, 0.3) is 5.91 Å². The fourth-order valence-corrected chi connectivity index (χ4v) is 2.81. The van der Waals surface area contributed by atoms with E-state index in [1.807, 2.05) is 47.8 Å². The number of hydrogen-bond donors (Lipinski definition) is 1. The molecule has 0 spiro atoms. The van der Waals surface area contributed by atoms with Gasteiger partial charge >= 0.3 is 0 Å². The molecule has 2 heterocycles. The van der Waals surface area contributed by atoms with E-state index >= 15 is 0 Å². The average molecular weight is 362 g/mol. The van der Waals surface area contributed by atoms with Crippen molar-refractivity contribution in [3.63, 3.8) is 0 Å². The summed E-state index contributed by atoms with van der Waals surface area (Å²) in [4.78, 5) is 12.5. The number of carbonyl (C=O) groups excluding carboxylic acids is 1. The maximum absolute atomic E-state index is 11.8. The van der Waals surface area contributed by atoms with E-state index in [4.69, 9.17) is 4.42 Å². The lowest BCUT2D eigenvalue weighted by molar-refractivity contribution is 0.0952. The number of carbonyl (C=O) groups is 1. The van der Waals surface area contributed by atoms with Gasteiger partial charge in [-0.3, -0.25) is 4.79 Å². The van der Waals surface area contributed by atoms with Crippen LogP contribution in [0.4, 0.5) is 0 Å². The first-order chi connectivity index (χ1) is 10.2. The maximum atomic E-state index is 11.8. The Kier molecular flexibility index (Phi) is 4.22. The Bertz CT molecular complexity index is 732. The molecule has 0 aliphatic carbocycles. The molecule has 2 aromatic heterocycles. The largest absolute Gasteiger partial charge is 0.459 e. The van der Waals surface area contributed by atoms with E-state index in [-0.39, 0.29) is 5.91 Å². The zero-order valence-electron chi connectivity index (χ0n) is 11.0. The van der Waals surface area contributed by atoms with Crippen molar-refractivity contribution in [3.05, 3.63) is 69.0 Å². The van der Waals surface area contributed by atoms with Gasteiger partial charge in [-0.1, -0.05) is 34.1 Å². The third-order valence-electron chi connectivity index (χ3n) is 2.96. The van der Waals surface area contributed by atoms with Gasteiger partial charge in [0.1, 0.15) is 11.5 Å². The molecular weight excluding hydrogens is 350 g/mol. The summed E-state index contributed by atoms with van der Waals surface area (Å²) in [5.41, 5.74) is 1.01. The van der Waals surface area contributed by atoms with Gasteiger partial charge < -0.3 is 9.73 Å². The van der Waals surface area contributed by atoms with Crippen LogP contribution >= 0.6 is 27.3 Å². The van der Waals surface area contributed by atoms with Gasteiger partial charge in [0.05, 0.1) is 11.4 Å². The third-order valence-corrected chi connectivity index (χ3v) is 4.36. The zero-order chi connectivity index (χ0) is 14.7. The molecule has 106 valence electrons. The first kappa shape index (κ1) is 14.1. The number of halogens is 1. The van der Waals surface area contributed by atoms with E-state index in [0.717, 1.165) is 21.6 Å². The molecule has 0 saturated heterocycles. The number of furan rings is 1. The van der Waals surface area contributed by atoms with Gasteiger partial charge in [0, 0.05) is 10.0 Å². The van der Waals surface area contributed by atoms with Crippen molar-refractivity contribution in [2.75, 3.05) is 0 Å². The van der Waals surface area contributed by atoms with Crippen LogP contribution in [-0.2, 0) is 6.54 Å². The average Bonchev–Trinajstić information content (AvgIpc) is 3.17. The predicted molar refractivity (Wildman–Crippen MR) is 87.3 cm³/mol. The third kappa shape index (κ3) is 3.43. The molecule has 1 N–H and O–H groups in total. The van der Waals surface area contributed by atoms with Gasteiger partial charge in [-0.25, -0.2) is 0 Å². The Labute approximate surface area is 134 Å². The van der Waals surface area contributed by atoms with E-state index < -0.39 is 0 Å². The first-order valence-corrected chi connectivity index (χ1v) is 8.06. The van der Waals surface area contributed by atoms with Crippen molar-refractivity contribution in [1.29, 1.82) is 0 Å². The quantitative estimate of drug-likeness (QED) is 0.731. The molecule has 5 heteroatoms. The van der Waals surface area contributed by atoms with E-state index in [1.165, 1.54) is 11.3 Å². The minimum Gasteiger partial charge on any atom is -0.459 e. The molecule has 0 saturated carbocycles. The standard InChI is InChI=1S/C16H12BrNO2S/c17-12-5-3-11(4-6-12)14-8-7-13(20-14)10-18-16(19)15-2-1-9-21-15/h1-9H,10H2,(H,18,19). The molecular formula is C16H12BrNO2S. The second-order valence-electron chi connectivity index (χ2n) is 4.43. The summed E-state index contributed by atoms with van der Waals surface area (Å²) in [6.07, 6.45) is 0. The molecule has 0 radical (unpaired) electrons. The van der Waals surface area contributed by atoms with Gasteiger partial charge in [-0.2, -0.15) is 0 Å². The molecule has 0 aliphatic heterocycles. The van der Waals surface area contributed by atoms with Crippen molar-refractivity contribution in [2.45, 2.75) is 6.54 Å². The number of amides is 1. The Morgan fingerprint density at radius 1 is 1.14 bits per heavy atom. The van der Waals surface area contributed by atoms with Crippen LogP contribution in [0.3, 0.4) is 0 Å². The highest BCUT2D eigenvalue weighted by molar-refractivity contribution is 9.10. The van der Waals surface area contributed by atoms with Crippen LogP contribution in [-0.4, -0.2) is 5.91 Å². The fraction of sp³-hybridized carbons (Fsp3) is 0.0625. The Morgan fingerprint density at radius 3 is 2.67 bits per heavy atom. The topological polar surface area (TPSA) is 42.2 Å². The summed E-state index contributed by atoms with van der Waals surface area (Å²) in [6, 6.07) is 15.4. The highest BCUT2D eigenvalue weighted by Gasteiger charge is 2.08. The summed E-state index contributed by atoms with van der Waals surface area (Å²) in [5.74, 6) is 1.45. The van der Waals surface area contributed by atoms with E-state index in [1.54, 1.807) is 6.07 Å². The van der Waals surface area contributed by atoms with E-state index in [9.17, 15) is 4.79 Å². The number of nitrogens with one attached hydrogen (secondary N) is 1. The first-order valence-electron chi connectivity index (χ1n) is 6.39. The van der Waals surface area contributed by atoms with Crippen molar-refractivity contribution in [1.82, 2.24) is 5.32 Å². The van der Waals surface area contributed by atoms with Crippen LogP contribution in [0, 0.1) is 0 Å². The summed E-state index contributed by atoms with van der Waals surface area (Å²) in [6.45, 7) is 0.382. The molecule has 0 bridgehead atoms.